The topological polar surface area (TPSA) is 185 Å². The number of carbonyl (C=O) groups excluding carboxylic acids is 5. The second kappa shape index (κ2) is 90.2. The van der Waals surface area contributed by atoms with Crippen molar-refractivity contribution >= 4 is 47.1 Å². The Balaban J connectivity index is -0.0000000220. The Bertz CT molecular complexity index is 496. The van der Waals surface area contributed by atoms with Gasteiger partial charge in [-0.05, 0) is 33.0 Å². The lowest BCUT2D eigenvalue weighted by Crippen LogP contribution is -2.28. The Labute approximate surface area is 299 Å². The first kappa shape index (κ1) is 90.4. The molecule has 0 fully saturated rings. The first-order valence-corrected chi connectivity index (χ1v) is 13.0. The van der Waals surface area contributed by atoms with Crippen molar-refractivity contribution in [1.29, 1.82) is 0 Å². The van der Waals surface area contributed by atoms with Crippen LogP contribution < -0.4 is 31.9 Å². The molecule has 14 nitrogen and oxygen atoms in total. The van der Waals surface area contributed by atoms with Crippen molar-refractivity contribution in [3.8, 4) is 0 Å². The Morgan fingerprint density at radius 2 is 0.957 bits per heavy atom. The number of amides is 4. The van der Waals surface area contributed by atoms with E-state index >= 15 is 0 Å². The normalized spacial score (nSPS) is 6.34. The molecule has 0 atom stereocenters. The summed E-state index contributed by atoms with van der Waals surface area (Å²) in [6.07, 6.45) is 1.05. The summed E-state index contributed by atoms with van der Waals surface area (Å²) in [7, 11) is 11.4. The number of thiocarbonyl (C=S) groups is 1. The van der Waals surface area contributed by atoms with E-state index in [2.05, 4.69) is 58.3 Å². The number of urea groups is 1. The summed E-state index contributed by atoms with van der Waals surface area (Å²) in [5, 5.41) is 15.9. The van der Waals surface area contributed by atoms with Crippen LogP contribution in [0, 0.1) is 0 Å². The lowest BCUT2D eigenvalue weighted by molar-refractivity contribution is -0.141. The first-order valence-electron chi connectivity index (χ1n) is 12.6. The first-order chi connectivity index (χ1) is 18.7. The van der Waals surface area contributed by atoms with Crippen molar-refractivity contribution in [2.24, 2.45) is 0 Å². The van der Waals surface area contributed by atoms with Gasteiger partial charge >= 0.3 is 18.0 Å². The van der Waals surface area contributed by atoms with Crippen LogP contribution in [0.15, 0.2) is 0 Å². The van der Waals surface area contributed by atoms with E-state index in [0.29, 0.717) is 24.6 Å². The largest absolute Gasteiger partial charge is 0.469 e. The van der Waals surface area contributed by atoms with Gasteiger partial charge in [0.1, 0.15) is 0 Å². The van der Waals surface area contributed by atoms with Gasteiger partial charge in [0.2, 0.25) is 11.8 Å². The van der Waals surface area contributed by atoms with Crippen LogP contribution in [0.1, 0.15) is 113 Å². The van der Waals surface area contributed by atoms with Crippen LogP contribution in [0.5, 0.6) is 0 Å². The maximum atomic E-state index is 10.1. The minimum Gasteiger partial charge on any atom is -0.469 e. The van der Waals surface area contributed by atoms with Gasteiger partial charge < -0.3 is 46.1 Å². The molecule has 47 heavy (non-hydrogen) atoms. The molecule has 0 saturated carbocycles. The highest BCUT2D eigenvalue weighted by Gasteiger charge is 1.87. The van der Waals surface area contributed by atoms with E-state index in [1.807, 2.05) is 20.8 Å². The standard InChI is InChI=1S/2C4H9NO.2C4H8O2.C3H8N2O.C3H8N2S.C3H8O.7CH4/c1-3-4(6)5-2;1-3-5-4(2)6;1-3-4(5)6-2;1-3-6-4(2)5;2*1-4-3(6)5-2;1-3-4-2;;;;;;;/h2*3H2,1-2H3,(H,5,6);2*3H2,1-2H3;2*1-2H3,(H2,4,5,6);3H2,1-2H3;7*1H4. The number of ether oxygens (including phenoxy) is 3. The van der Waals surface area contributed by atoms with Crippen LogP contribution in [0.25, 0.3) is 0 Å². The Hall–Kier alpha value is -3.20. The van der Waals surface area contributed by atoms with Crippen molar-refractivity contribution < 1.29 is 38.2 Å². The Kier molecular flexibility index (Phi) is 173. The third kappa shape index (κ3) is 182. The summed E-state index contributed by atoms with van der Waals surface area (Å²) in [5.41, 5.74) is 0. The minimum atomic E-state index is -0.211. The van der Waals surface area contributed by atoms with Crippen molar-refractivity contribution in [2.75, 3.05) is 69.2 Å². The van der Waals surface area contributed by atoms with Crippen LogP contribution in [0.3, 0.4) is 0 Å². The molecule has 0 bridgehead atoms. The fraction of sp³-hybridized carbons (Fsp3) is 0.812. The second-order valence-electron chi connectivity index (χ2n) is 6.20. The molecule has 0 saturated heterocycles. The van der Waals surface area contributed by atoms with E-state index in [-0.39, 0.29) is 81.8 Å². The summed E-state index contributed by atoms with van der Waals surface area (Å²) < 4.78 is 13.2. The van der Waals surface area contributed by atoms with Gasteiger partial charge in [0, 0.05) is 82.2 Å². The molecule has 0 radical (unpaired) electrons. The molecule has 0 spiro atoms. The fourth-order valence-corrected chi connectivity index (χ4v) is 1.02. The van der Waals surface area contributed by atoms with E-state index in [4.69, 9.17) is 0 Å². The number of rotatable bonds is 5. The van der Waals surface area contributed by atoms with E-state index < -0.39 is 0 Å². The lowest BCUT2D eigenvalue weighted by atomic mass is 10.5. The van der Waals surface area contributed by atoms with Crippen LogP contribution in [0.2, 0.25) is 0 Å². The maximum absolute atomic E-state index is 10.1. The third-order valence-electron chi connectivity index (χ3n) is 3.09. The zero-order valence-electron chi connectivity index (χ0n) is 27.2. The molecule has 0 aromatic rings. The van der Waals surface area contributed by atoms with E-state index in [0.717, 1.165) is 13.2 Å². The minimum absolute atomic E-state index is 0. The summed E-state index contributed by atoms with van der Waals surface area (Å²) >= 11 is 4.63. The molecular weight excluding hydrogens is 628 g/mol. The van der Waals surface area contributed by atoms with E-state index in [9.17, 15) is 24.0 Å². The summed E-state index contributed by atoms with van der Waals surface area (Å²) in [5.74, 6) is -0.236. The number of hydrogen-bond acceptors (Lipinski definition) is 9. The van der Waals surface area contributed by atoms with Crippen LogP contribution >= 0.6 is 12.2 Å². The van der Waals surface area contributed by atoms with Crippen molar-refractivity contribution in [1.82, 2.24) is 31.9 Å². The van der Waals surface area contributed by atoms with Crippen molar-refractivity contribution in [3.05, 3.63) is 0 Å². The number of esters is 2. The molecule has 0 aromatic heterocycles. The fourth-order valence-electron chi connectivity index (χ4n) is 1.02. The van der Waals surface area contributed by atoms with Crippen LogP contribution in [-0.2, 0) is 33.4 Å². The molecule has 0 aliphatic heterocycles. The van der Waals surface area contributed by atoms with E-state index in [1.54, 1.807) is 56.2 Å². The van der Waals surface area contributed by atoms with Crippen molar-refractivity contribution in [2.45, 2.75) is 113 Å². The molecule has 298 valence electrons. The molecule has 4 amide bonds. The Morgan fingerprint density at radius 1 is 0.596 bits per heavy atom. The summed E-state index contributed by atoms with van der Waals surface area (Å²) in [4.78, 5) is 49.7. The van der Waals surface area contributed by atoms with E-state index in [1.165, 1.54) is 21.0 Å². The van der Waals surface area contributed by atoms with Gasteiger partial charge in [0.15, 0.2) is 5.11 Å². The average Bonchev–Trinajstić information content (AvgIpc) is 2.96. The molecular formula is C32H86N6O8S. The van der Waals surface area contributed by atoms with Crippen LogP contribution in [-0.4, -0.2) is 104 Å². The lowest BCUT2D eigenvalue weighted by Gasteiger charge is -1.95. The highest BCUT2D eigenvalue weighted by molar-refractivity contribution is 7.80. The van der Waals surface area contributed by atoms with Gasteiger partial charge in [0.25, 0.3) is 0 Å². The van der Waals surface area contributed by atoms with Gasteiger partial charge in [-0.1, -0.05) is 65.8 Å². The molecule has 15 heteroatoms. The number of carbonyl (C=O) groups is 5. The molecule has 0 rings (SSSR count). The summed E-state index contributed by atoms with van der Waals surface area (Å²) in [6, 6.07) is -0.157. The molecule has 0 aromatic carbocycles. The quantitative estimate of drug-likeness (QED) is 0.150. The zero-order chi connectivity index (χ0) is 33.4. The smallest absolute Gasteiger partial charge is 0.314 e. The molecule has 0 aliphatic rings. The monoisotopic (exact) mass is 715 g/mol. The Morgan fingerprint density at radius 3 is 0.957 bits per heavy atom. The van der Waals surface area contributed by atoms with Gasteiger partial charge in [-0.15, -0.1) is 0 Å². The second-order valence-corrected chi connectivity index (χ2v) is 6.61. The molecule has 0 unspecified atom stereocenters. The van der Waals surface area contributed by atoms with Gasteiger partial charge in [-0.3, -0.25) is 19.2 Å². The molecule has 0 heterocycles. The highest BCUT2D eigenvalue weighted by atomic mass is 32.1. The number of hydrogen-bond donors (Lipinski definition) is 6. The predicted molar refractivity (Wildman–Crippen MR) is 212 cm³/mol. The van der Waals surface area contributed by atoms with Gasteiger partial charge in [0.05, 0.1) is 13.7 Å². The molecule has 0 aliphatic carbocycles. The van der Waals surface area contributed by atoms with Gasteiger partial charge in [-0.2, -0.15) is 0 Å². The third-order valence-corrected chi connectivity index (χ3v) is 3.49. The maximum Gasteiger partial charge on any atom is 0.314 e. The molecule has 6 N–H and O–H groups in total. The SMILES string of the molecule is C.C.C.C.C.C.C.CCC(=O)NC.CCC(=O)OC.CCNC(C)=O.CCOC.CCOC(C)=O.CNC(=O)NC.CNC(=S)NC. The van der Waals surface area contributed by atoms with Gasteiger partial charge in [-0.25, -0.2) is 4.79 Å². The average molecular weight is 715 g/mol. The van der Waals surface area contributed by atoms with Crippen LogP contribution in [0.4, 0.5) is 4.79 Å². The van der Waals surface area contributed by atoms with Crippen molar-refractivity contribution in [3.63, 3.8) is 0 Å². The number of nitrogens with one attached hydrogen (secondary N) is 6. The number of methoxy groups -OCH3 is 2. The highest BCUT2D eigenvalue weighted by Crippen LogP contribution is 1.76. The predicted octanol–water partition coefficient (Wildman–Crippen LogP) is 5.78. The summed E-state index contributed by atoms with van der Waals surface area (Å²) in [6.45, 7) is 14.1. The zero-order valence-corrected chi connectivity index (χ0v) is 28.0.